The molecule has 0 aliphatic carbocycles. The monoisotopic (exact) mass is 585 g/mol. The lowest BCUT2D eigenvalue weighted by molar-refractivity contribution is -0.385. The van der Waals surface area contributed by atoms with Crippen LogP contribution in [0.5, 0.6) is 5.75 Å². The molecule has 1 aliphatic heterocycles. The van der Waals surface area contributed by atoms with Gasteiger partial charge in [0.15, 0.2) is 0 Å². The molecule has 2 aromatic rings. The molecule has 41 heavy (non-hydrogen) atoms. The van der Waals surface area contributed by atoms with Crippen molar-refractivity contribution in [2.24, 2.45) is 0 Å². The van der Waals surface area contributed by atoms with Crippen LogP contribution in [0.4, 0.5) is 11.4 Å². The summed E-state index contributed by atoms with van der Waals surface area (Å²) >= 11 is 1.41. The number of dihydropyridines is 1. The summed E-state index contributed by atoms with van der Waals surface area (Å²) in [5.74, 6) is -1.27. The topological polar surface area (TPSA) is 160 Å². The van der Waals surface area contributed by atoms with Gasteiger partial charge in [-0.25, -0.2) is 9.59 Å². The maximum atomic E-state index is 13.4. The Morgan fingerprint density at radius 2 is 1.51 bits per heavy atom. The number of thioether (sulfide) groups is 1. The predicted octanol–water partition coefficient (Wildman–Crippen LogP) is 5.18. The van der Waals surface area contributed by atoms with Gasteiger partial charge in [0.25, 0.3) is 11.4 Å². The lowest BCUT2D eigenvalue weighted by atomic mass is 9.80. The van der Waals surface area contributed by atoms with Crippen molar-refractivity contribution in [3.8, 4) is 5.75 Å². The lowest BCUT2D eigenvalue weighted by Crippen LogP contribution is -2.34. The average molecular weight is 586 g/mol. The van der Waals surface area contributed by atoms with Gasteiger partial charge < -0.3 is 19.5 Å². The smallest absolute Gasteiger partial charge is 0.336 e. The number of rotatable bonds is 13. The van der Waals surface area contributed by atoms with Crippen molar-refractivity contribution in [2.45, 2.75) is 39.4 Å². The van der Waals surface area contributed by atoms with E-state index in [4.69, 9.17) is 14.2 Å². The first-order chi connectivity index (χ1) is 19.6. The van der Waals surface area contributed by atoms with E-state index in [0.29, 0.717) is 35.1 Å². The SMILES string of the molecule is CCOC(=O)C1=C(C)NC(CSCc2ccc([N+](=O)[O-])cc2OCC)=C(C(=O)OCC)C1c1cccc([N+](=O)[O-])c1. The second kappa shape index (κ2) is 14.3. The number of non-ortho nitro benzene ring substituents is 2. The van der Waals surface area contributed by atoms with E-state index in [0.717, 1.165) is 5.56 Å². The van der Waals surface area contributed by atoms with E-state index in [1.54, 1.807) is 39.8 Å². The summed E-state index contributed by atoms with van der Waals surface area (Å²) in [6, 6.07) is 10.2. The molecule has 1 heterocycles. The predicted molar refractivity (Wildman–Crippen MR) is 152 cm³/mol. The van der Waals surface area contributed by atoms with E-state index in [-0.39, 0.29) is 41.5 Å². The highest BCUT2D eigenvalue weighted by atomic mass is 32.2. The number of nitrogens with zero attached hydrogens (tertiary/aromatic N) is 2. The number of benzene rings is 2. The summed E-state index contributed by atoms with van der Waals surface area (Å²) < 4.78 is 16.3. The Morgan fingerprint density at radius 3 is 2.12 bits per heavy atom. The number of nitrogens with one attached hydrogen (secondary N) is 1. The van der Waals surface area contributed by atoms with Crippen LogP contribution in [0.2, 0.25) is 0 Å². The maximum Gasteiger partial charge on any atom is 0.336 e. The molecule has 0 amide bonds. The van der Waals surface area contributed by atoms with Crippen LogP contribution >= 0.6 is 11.8 Å². The number of hydrogen-bond acceptors (Lipinski definition) is 11. The van der Waals surface area contributed by atoms with Crippen molar-refractivity contribution in [3.05, 3.63) is 96.4 Å². The average Bonchev–Trinajstić information content (AvgIpc) is 2.93. The molecule has 0 spiro atoms. The fourth-order valence-corrected chi connectivity index (χ4v) is 5.41. The van der Waals surface area contributed by atoms with E-state index < -0.39 is 27.7 Å². The molecular formula is C28H31N3O9S. The highest BCUT2D eigenvalue weighted by Crippen LogP contribution is 2.41. The number of esters is 2. The van der Waals surface area contributed by atoms with Crippen molar-refractivity contribution in [2.75, 3.05) is 25.6 Å². The van der Waals surface area contributed by atoms with Crippen LogP contribution in [0.3, 0.4) is 0 Å². The van der Waals surface area contributed by atoms with E-state index >= 15 is 0 Å². The molecule has 13 heteroatoms. The summed E-state index contributed by atoms with van der Waals surface area (Å²) in [5, 5.41) is 25.9. The third kappa shape index (κ3) is 7.42. The molecule has 0 saturated carbocycles. The number of nitro groups is 2. The molecule has 1 N–H and O–H groups in total. The van der Waals surface area contributed by atoms with Gasteiger partial charge in [-0.3, -0.25) is 20.2 Å². The number of hydrogen-bond donors (Lipinski definition) is 1. The second-order valence-corrected chi connectivity index (χ2v) is 9.74. The third-order valence-electron chi connectivity index (χ3n) is 6.12. The fourth-order valence-electron chi connectivity index (χ4n) is 4.42. The summed E-state index contributed by atoms with van der Waals surface area (Å²) in [6.45, 7) is 7.26. The van der Waals surface area contributed by atoms with Crippen molar-refractivity contribution in [3.63, 3.8) is 0 Å². The van der Waals surface area contributed by atoms with Gasteiger partial charge in [0.1, 0.15) is 5.75 Å². The molecule has 1 unspecified atom stereocenters. The van der Waals surface area contributed by atoms with Crippen LogP contribution in [-0.2, 0) is 24.8 Å². The molecule has 3 rings (SSSR count). The molecule has 0 radical (unpaired) electrons. The van der Waals surface area contributed by atoms with Crippen LogP contribution in [0.1, 0.15) is 44.7 Å². The normalized spacial score (nSPS) is 14.8. The first-order valence-electron chi connectivity index (χ1n) is 12.9. The maximum absolute atomic E-state index is 13.4. The fraction of sp³-hybridized carbons (Fsp3) is 0.357. The molecule has 0 bridgehead atoms. The van der Waals surface area contributed by atoms with E-state index in [2.05, 4.69) is 5.32 Å². The lowest BCUT2D eigenvalue weighted by Gasteiger charge is -2.31. The highest BCUT2D eigenvalue weighted by Gasteiger charge is 2.39. The van der Waals surface area contributed by atoms with Crippen molar-refractivity contribution in [1.82, 2.24) is 5.32 Å². The molecule has 218 valence electrons. The van der Waals surface area contributed by atoms with Crippen molar-refractivity contribution < 1.29 is 33.6 Å². The van der Waals surface area contributed by atoms with Gasteiger partial charge >= 0.3 is 11.9 Å². The Kier molecular flexibility index (Phi) is 10.9. The zero-order valence-electron chi connectivity index (χ0n) is 23.1. The Hall–Kier alpha value is -4.39. The number of nitro benzene ring substituents is 2. The van der Waals surface area contributed by atoms with Crippen molar-refractivity contribution in [1.29, 1.82) is 0 Å². The first-order valence-corrected chi connectivity index (χ1v) is 14.1. The summed E-state index contributed by atoms with van der Waals surface area (Å²) in [6.07, 6.45) is 0. The van der Waals surface area contributed by atoms with Crippen LogP contribution in [0.25, 0.3) is 0 Å². The minimum atomic E-state index is -0.983. The Labute approximate surface area is 241 Å². The van der Waals surface area contributed by atoms with Gasteiger partial charge in [-0.05, 0) is 39.3 Å². The Bertz CT molecular complexity index is 1400. The summed E-state index contributed by atoms with van der Waals surface area (Å²) in [5.41, 5.74) is 2.01. The van der Waals surface area contributed by atoms with Crippen LogP contribution in [0, 0.1) is 20.2 Å². The van der Waals surface area contributed by atoms with E-state index in [1.807, 2.05) is 0 Å². The minimum Gasteiger partial charge on any atom is -0.493 e. The number of carbonyl (C=O) groups excluding carboxylic acids is 2. The van der Waals surface area contributed by atoms with Crippen LogP contribution in [-0.4, -0.2) is 47.4 Å². The highest BCUT2D eigenvalue weighted by molar-refractivity contribution is 7.98. The standard InChI is InChI=1S/C28H31N3O9S/c1-5-38-23-14-21(31(36)37)12-11-19(23)15-41-16-22-26(28(33)40-7-3)25(18-9-8-10-20(13-18)30(34)35)24(17(4)29-22)27(32)39-6-2/h8-14,25,29H,5-7,15-16H2,1-4H3. The first kappa shape index (κ1) is 31.1. The molecule has 12 nitrogen and oxygen atoms in total. The summed E-state index contributed by atoms with van der Waals surface area (Å²) in [4.78, 5) is 48.2. The third-order valence-corrected chi connectivity index (χ3v) is 7.12. The van der Waals surface area contributed by atoms with Gasteiger partial charge in [-0.15, -0.1) is 0 Å². The summed E-state index contributed by atoms with van der Waals surface area (Å²) in [7, 11) is 0. The van der Waals surface area contributed by atoms with Gasteiger partial charge in [-0.2, -0.15) is 11.8 Å². The van der Waals surface area contributed by atoms with Crippen molar-refractivity contribution >= 4 is 35.1 Å². The number of allylic oxidation sites excluding steroid dienone is 1. The molecule has 1 atom stereocenters. The molecule has 0 aromatic heterocycles. The van der Waals surface area contributed by atoms with Crippen LogP contribution < -0.4 is 10.1 Å². The largest absolute Gasteiger partial charge is 0.493 e. The molecular weight excluding hydrogens is 554 g/mol. The molecule has 2 aromatic carbocycles. The van der Waals surface area contributed by atoms with E-state index in [9.17, 15) is 29.8 Å². The number of ether oxygens (including phenoxy) is 3. The van der Waals surface area contributed by atoms with Gasteiger partial charge in [0.05, 0.1) is 52.8 Å². The van der Waals surface area contributed by atoms with Crippen LogP contribution in [0.15, 0.2) is 65.0 Å². The zero-order chi connectivity index (χ0) is 30.1. The molecule has 1 aliphatic rings. The van der Waals surface area contributed by atoms with E-state index in [1.165, 1.54) is 42.1 Å². The van der Waals surface area contributed by atoms with Gasteiger partial charge in [0.2, 0.25) is 0 Å². The molecule has 0 fully saturated rings. The zero-order valence-corrected chi connectivity index (χ0v) is 23.9. The minimum absolute atomic E-state index is 0.0718. The van der Waals surface area contributed by atoms with Gasteiger partial charge in [0, 0.05) is 46.7 Å². The Balaban J connectivity index is 2.06. The second-order valence-electron chi connectivity index (χ2n) is 8.76. The molecule has 0 saturated heterocycles. The Morgan fingerprint density at radius 1 is 0.878 bits per heavy atom. The quantitative estimate of drug-likeness (QED) is 0.187. The van der Waals surface area contributed by atoms with Gasteiger partial charge in [-0.1, -0.05) is 12.1 Å². The number of carbonyl (C=O) groups is 2.